The second-order valence-electron chi connectivity index (χ2n) is 4.40. The molecule has 1 heterocycles. The van der Waals surface area contributed by atoms with E-state index >= 15 is 0 Å². The molecule has 1 aliphatic heterocycles. The maximum absolute atomic E-state index is 11.8. The first-order valence-electron chi connectivity index (χ1n) is 6.27. The monoisotopic (exact) mass is 256 g/mol. The minimum atomic E-state index is -0.944. The van der Waals surface area contributed by atoms with Gasteiger partial charge in [0.2, 0.25) is 11.8 Å². The summed E-state index contributed by atoms with van der Waals surface area (Å²) in [6, 6.07) is 0. The summed E-state index contributed by atoms with van der Waals surface area (Å²) in [4.78, 5) is 37.3. The zero-order valence-corrected chi connectivity index (χ0v) is 10.9. The Kier molecular flexibility index (Phi) is 5.12. The molecule has 1 rings (SSSR count). The fourth-order valence-electron chi connectivity index (χ4n) is 2.12. The van der Waals surface area contributed by atoms with Gasteiger partial charge in [0.25, 0.3) is 0 Å². The lowest BCUT2D eigenvalue weighted by Crippen LogP contribution is -2.35. The number of carboxylic acids is 1. The van der Waals surface area contributed by atoms with Crippen molar-refractivity contribution >= 4 is 17.8 Å². The molecule has 0 saturated carbocycles. The van der Waals surface area contributed by atoms with Crippen molar-refractivity contribution < 1.29 is 19.5 Å². The predicted molar refractivity (Wildman–Crippen MR) is 64.9 cm³/mol. The molecule has 1 unspecified atom stereocenters. The normalized spacial score (nSPS) is 19.1. The minimum Gasteiger partial charge on any atom is -0.481 e. The van der Waals surface area contributed by atoms with Crippen molar-refractivity contribution in [2.45, 2.75) is 26.7 Å². The summed E-state index contributed by atoms with van der Waals surface area (Å²) in [5.41, 5.74) is 0. The van der Waals surface area contributed by atoms with Crippen LogP contribution in [0.4, 0.5) is 0 Å². The highest BCUT2D eigenvalue weighted by Gasteiger charge is 2.34. The van der Waals surface area contributed by atoms with Crippen molar-refractivity contribution in [2.24, 2.45) is 5.92 Å². The Bertz CT molecular complexity index is 339. The standard InChI is InChI=1S/C12H20N2O4/c1-3-13(4-2)10(15)5-6-14-8-9(12(17)18)7-11(14)16/h9H,3-8H2,1-2H3,(H,17,18). The number of carbonyl (C=O) groups is 3. The van der Waals surface area contributed by atoms with Crippen LogP contribution < -0.4 is 0 Å². The van der Waals surface area contributed by atoms with Gasteiger partial charge in [0.1, 0.15) is 0 Å². The molecule has 0 aromatic heterocycles. The number of likely N-dealkylation sites (tertiary alicyclic amines) is 1. The van der Waals surface area contributed by atoms with Crippen molar-refractivity contribution in [1.29, 1.82) is 0 Å². The summed E-state index contributed by atoms with van der Waals surface area (Å²) in [6.07, 6.45) is 0.314. The molecule has 18 heavy (non-hydrogen) atoms. The first kappa shape index (κ1) is 14.5. The van der Waals surface area contributed by atoms with E-state index in [1.807, 2.05) is 13.8 Å². The molecular weight excluding hydrogens is 236 g/mol. The highest BCUT2D eigenvalue weighted by Crippen LogP contribution is 2.18. The molecule has 0 aromatic rings. The van der Waals surface area contributed by atoms with Crippen LogP contribution in [-0.4, -0.2) is 58.9 Å². The van der Waals surface area contributed by atoms with E-state index in [1.165, 1.54) is 4.90 Å². The van der Waals surface area contributed by atoms with Crippen molar-refractivity contribution in [1.82, 2.24) is 9.80 Å². The average Bonchev–Trinajstić information content (AvgIpc) is 2.70. The summed E-state index contributed by atoms with van der Waals surface area (Å²) in [5.74, 6) is -1.73. The summed E-state index contributed by atoms with van der Waals surface area (Å²) in [7, 11) is 0. The number of nitrogens with zero attached hydrogens (tertiary/aromatic N) is 2. The number of aliphatic carboxylic acids is 1. The van der Waals surface area contributed by atoms with E-state index in [2.05, 4.69) is 0 Å². The molecule has 1 aliphatic rings. The quantitative estimate of drug-likeness (QED) is 0.735. The van der Waals surface area contributed by atoms with Gasteiger partial charge >= 0.3 is 5.97 Å². The van der Waals surface area contributed by atoms with E-state index in [1.54, 1.807) is 4.90 Å². The third-order valence-electron chi connectivity index (χ3n) is 3.28. The van der Waals surface area contributed by atoms with Gasteiger partial charge < -0.3 is 14.9 Å². The SMILES string of the molecule is CCN(CC)C(=O)CCN1CC(C(=O)O)CC1=O. The van der Waals surface area contributed by atoms with E-state index in [0.29, 0.717) is 19.6 Å². The van der Waals surface area contributed by atoms with E-state index < -0.39 is 11.9 Å². The third kappa shape index (κ3) is 3.45. The Labute approximate surface area is 107 Å². The number of carbonyl (C=O) groups excluding carboxylic acids is 2. The number of amides is 2. The highest BCUT2D eigenvalue weighted by molar-refractivity contribution is 5.86. The van der Waals surface area contributed by atoms with Gasteiger partial charge in [-0.2, -0.15) is 0 Å². The Balaban J connectivity index is 2.42. The molecule has 6 heteroatoms. The fourth-order valence-corrected chi connectivity index (χ4v) is 2.12. The van der Waals surface area contributed by atoms with E-state index in [0.717, 1.165) is 0 Å². The zero-order chi connectivity index (χ0) is 13.7. The van der Waals surface area contributed by atoms with Gasteiger partial charge in [-0.15, -0.1) is 0 Å². The molecule has 0 aromatic carbocycles. The zero-order valence-electron chi connectivity index (χ0n) is 10.9. The third-order valence-corrected chi connectivity index (χ3v) is 3.28. The molecule has 6 nitrogen and oxygen atoms in total. The average molecular weight is 256 g/mol. The number of hydrogen-bond acceptors (Lipinski definition) is 3. The molecule has 1 atom stereocenters. The Morgan fingerprint density at radius 1 is 1.39 bits per heavy atom. The van der Waals surface area contributed by atoms with Crippen LogP contribution in [0.3, 0.4) is 0 Å². The Hall–Kier alpha value is -1.59. The predicted octanol–water partition coefficient (Wildman–Crippen LogP) is 0.178. The largest absolute Gasteiger partial charge is 0.481 e. The first-order chi connectivity index (χ1) is 8.49. The van der Waals surface area contributed by atoms with Gasteiger partial charge in [0, 0.05) is 39.0 Å². The molecule has 0 aliphatic carbocycles. The van der Waals surface area contributed by atoms with Gasteiger partial charge in [-0.3, -0.25) is 14.4 Å². The molecule has 2 amide bonds. The van der Waals surface area contributed by atoms with Crippen LogP contribution in [0.5, 0.6) is 0 Å². The fraction of sp³-hybridized carbons (Fsp3) is 0.750. The second kappa shape index (κ2) is 6.37. The van der Waals surface area contributed by atoms with Gasteiger partial charge in [-0.05, 0) is 13.8 Å². The van der Waals surface area contributed by atoms with E-state index in [9.17, 15) is 14.4 Å². The summed E-state index contributed by atoms with van der Waals surface area (Å²) < 4.78 is 0. The van der Waals surface area contributed by atoms with Crippen molar-refractivity contribution in [3.8, 4) is 0 Å². The smallest absolute Gasteiger partial charge is 0.308 e. The van der Waals surface area contributed by atoms with Gasteiger partial charge in [0.15, 0.2) is 0 Å². The highest BCUT2D eigenvalue weighted by atomic mass is 16.4. The van der Waals surface area contributed by atoms with Crippen LogP contribution in [-0.2, 0) is 14.4 Å². The van der Waals surface area contributed by atoms with Crippen LogP contribution in [0.25, 0.3) is 0 Å². The first-order valence-corrected chi connectivity index (χ1v) is 6.27. The maximum Gasteiger partial charge on any atom is 0.308 e. The van der Waals surface area contributed by atoms with Crippen LogP contribution in [0.1, 0.15) is 26.7 Å². The van der Waals surface area contributed by atoms with Crippen molar-refractivity contribution in [2.75, 3.05) is 26.2 Å². The van der Waals surface area contributed by atoms with Gasteiger partial charge in [-0.1, -0.05) is 0 Å². The lowest BCUT2D eigenvalue weighted by Gasteiger charge is -2.21. The molecule has 1 fully saturated rings. The van der Waals surface area contributed by atoms with Gasteiger partial charge in [-0.25, -0.2) is 0 Å². The van der Waals surface area contributed by atoms with Crippen LogP contribution in [0.15, 0.2) is 0 Å². The van der Waals surface area contributed by atoms with Crippen LogP contribution >= 0.6 is 0 Å². The topological polar surface area (TPSA) is 77.9 Å². The van der Waals surface area contributed by atoms with Crippen molar-refractivity contribution in [3.63, 3.8) is 0 Å². The molecule has 1 saturated heterocycles. The summed E-state index contributed by atoms with van der Waals surface area (Å²) >= 11 is 0. The maximum atomic E-state index is 11.8. The molecule has 0 spiro atoms. The minimum absolute atomic E-state index is 0.00609. The lowest BCUT2D eigenvalue weighted by molar-refractivity contribution is -0.141. The van der Waals surface area contributed by atoms with E-state index in [-0.39, 0.29) is 31.2 Å². The Morgan fingerprint density at radius 2 is 2.00 bits per heavy atom. The van der Waals surface area contributed by atoms with Crippen molar-refractivity contribution in [3.05, 3.63) is 0 Å². The van der Waals surface area contributed by atoms with Crippen LogP contribution in [0, 0.1) is 5.92 Å². The second-order valence-corrected chi connectivity index (χ2v) is 4.40. The summed E-state index contributed by atoms with van der Waals surface area (Å²) in [6.45, 7) is 5.66. The molecule has 0 bridgehead atoms. The molecular formula is C12H20N2O4. The Morgan fingerprint density at radius 3 is 2.44 bits per heavy atom. The van der Waals surface area contributed by atoms with E-state index in [4.69, 9.17) is 5.11 Å². The molecule has 102 valence electrons. The van der Waals surface area contributed by atoms with Gasteiger partial charge in [0.05, 0.1) is 5.92 Å². The molecule has 1 N–H and O–H groups in total. The number of hydrogen-bond donors (Lipinski definition) is 1. The number of rotatable bonds is 6. The molecule has 0 radical (unpaired) electrons. The lowest BCUT2D eigenvalue weighted by atomic mass is 10.1. The van der Waals surface area contributed by atoms with Crippen LogP contribution in [0.2, 0.25) is 0 Å². The summed E-state index contributed by atoms with van der Waals surface area (Å²) in [5, 5.41) is 8.84. The number of carboxylic acid groups (broad SMARTS) is 1.